The molecule has 0 saturated heterocycles. The molecule has 0 heterocycles. The van der Waals surface area contributed by atoms with Crippen LogP contribution in [0.5, 0.6) is 5.75 Å². The minimum absolute atomic E-state index is 0.238. The van der Waals surface area contributed by atoms with Gasteiger partial charge in [0.05, 0.1) is 0 Å². The third kappa shape index (κ3) is 3.38. The zero-order valence-corrected chi connectivity index (χ0v) is 9.16. The van der Waals surface area contributed by atoms with Crippen molar-refractivity contribution < 1.29 is 4.74 Å². The maximum atomic E-state index is 5.85. The van der Waals surface area contributed by atoms with E-state index in [0.29, 0.717) is 5.92 Å². The molecule has 0 radical (unpaired) electrons. The molecule has 0 aliphatic heterocycles. The molecule has 0 fully saturated rings. The highest BCUT2D eigenvalue weighted by molar-refractivity contribution is 5.21. The van der Waals surface area contributed by atoms with Crippen LogP contribution < -0.4 is 10.1 Å². The van der Waals surface area contributed by atoms with Gasteiger partial charge in [0.2, 0.25) is 0 Å². The Balaban J connectivity index is 2.55. The molecule has 0 spiro atoms. The Kier molecular flexibility index (Phi) is 4.47. The summed E-state index contributed by atoms with van der Waals surface area (Å²) in [7, 11) is 1.95. The smallest absolute Gasteiger partial charge is 0.119 e. The van der Waals surface area contributed by atoms with Crippen LogP contribution in [0, 0.1) is 5.92 Å². The SMILES string of the molecule is CNCC(Oc1ccccc1)C(C)C. The molecule has 1 rings (SSSR count). The fourth-order valence-electron chi connectivity index (χ4n) is 1.29. The van der Waals surface area contributed by atoms with Crippen LogP contribution in [0.4, 0.5) is 0 Å². The summed E-state index contributed by atoms with van der Waals surface area (Å²) >= 11 is 0. The zero-order valence-electron chi connectivity index (χ0n) is 9.16. The molecule has 14 heavy (non-hydrogen) atoms. The molecule has 0 amide bonds. The predicted molar refractivity (Wildman–Crippen MR) is 59.6 cm³/mol. The lowest BCUT2D eigenvalue weighted by atomic mass is 10.1. The molecular weight excluding hydrogens is 174 g/mol. The molecule has 1 unspecified atom stereocenters. The maximum absolute atomic E-state index is 5.85. The van der Waals surface area contributed by atoms with Crippen LogP contribution in [0.25, 0.3) is 0 Å². The van der Waals surface area contributed by atoms with E-state index in [0.717, 1.165) is 12.3 Å². The summed E-state index contributed by atoms with van der Waals surface area (Å²) in [6, 6.07) is 9.96. The van der Waals surface area contributed by atoms with Gasteiger partial charge in [-0.25, -0.2) is 0 Å². The fraction of sp³-hybridized carbons (Fsp3) is 0.500. The monoisotopic (exact) mass is 193 g/mol. The normalized spacial score (nSPS) is 12.9. The lowest BCUT2D eigenvalue weighted by Gasteiger charge is -2.22. The highest BCUT2D eigenvalue weighted by Crippen LogP contribution is 2.14. The van der Waals surface area contributed by atoms with Gasteiger partial charge in [-0.05, 0) is 25.1 Å². The quantitative estimate of drug-likeness (QED) is 0.774. The number of rotatable bonds is 5. The van der Waals surface area contributed by atoms with Crippen molar-refractivity contribution in [1.29, 1.82) is 0 Å². The first-order valence-electron chi connectivity index (χ1n) is 5.10. The van der Waals surface area contributed by atoms with E-state index < -0.39 is 0 Å². The van der Waals surface area contributed by atoms with Gasteiger partial charge in [0.1, 0.15) is 11.9 Å². The number of ether oxygens (including phenoxy) is 1. The van der Waals surface area contributed by atoms with Crippen molar-refractivity contribution in [3.8, 4) is 5.75 Å². The van der Waals surface area contributed by atoms with E-state index in [1.54, 1.807) is 0 Å². The summed E-state index contributed by atoms with van der Waals surface area (Å²) < 4.78 is 5.85. The van der Waals surface area contributed by atoms with Gasteiger partial charge in [-0.2, -0.15) is 0 Å². The second-order valence-electron chi connectivity index (χ2n) is 3.77. The molecule has 0 saturated carbocycles. The maximum Gasteiger partial charge on any atom is 0.119 e. The van der Waals surface area contributed by atoms with Gasteiger partial charge < -0.3 is 10.1 Å². The van der Waals surface area contributed by atoms with Crippen molar-refractivity contribution >= 4 is 0 Å². The van der Waals surface area contributed by atoms with Crippen LogP contribution in [-0.4, -0.2) is 19.7 Å². The molecule has 1 atom stereocenters. The van der Waals surface area contributed by atoms with Gasteiger partial charge in [-0.3, -0.25) is 0 Å². The Morgan fingerprint density at radius 2 is 1.86 bits per heavy atom. The summed E-state index contributed by atoms with van der Waals surface area (Å²) in [6.45, 7) is 5.22. The molecule has 0 aromatic heterocycles. The molecular formula is C12H19NO. The van der Waals surface area contributed by atoms with Gasteiger partial charge in [0.25, 0.3) is 0 Å². The number of para-hydroxylation sites is 1. The Morgan fingerprint density at radius 3 is 2.36 bits per heavy atom. The molecule has 2 nitrogen and oxygen atoms in total. The highest BCUT2D eigenvalue weighted by atomic mass is 16.5. The van der Waals surface area contributed by atoms with E-state index in [2.05, 4.69) is 19.2 Å². The Morgan fingerprint density at radius 1 is 1.21 bits per heavy atom. The third-order valence-corrected chi connectivity index (χ3v) is 2.18. The molecule has 1 aromatic rings. The molecule has 1 N–H and O–H groups in total. The first kappa shape index (κ1) is 11.1. The van der Waals surface area contributed by atoms with E-state index >= 15 is 0 Å². The average molecular weight is 193 g/mol. The lowest BCUT2D eigenvalue weighted by molar-refractivity contribution is 0.151. The van der Waals surface area contributed by atoms with Gasteiger partial charge in [0.15, 0.2) is 0 Å². The van der Waals surface area contributed by atoms with Crippen LogP contribution in [0.1, 0.15) is 13.8 Å². The topological polar surface area (TPSA) is 21.3 Å². The van der Waals surface area contributed by atoms with Gasteiger partial charge >= 0.3 is 0 Å². The third-order valence-electron chi connectivity index (χ3n) is 2.18. The van der Waals surface area contributed by atoms with Crippen LogP contribution in [0.3, 0.4) is 0 Å². The summed E-state index contributed by atoms with van der Waals surface area (Å²) in [5, 5.41) is 3.14. The van der Waals surface area contributed by atoms with Crippen molar-refractivity contribution in [2.45, 2.75) is 20.0 Å². The van der Waals surface area contributed by atoms with Gasteiger partial charge in [-0.15, -0.1) is 0 Å². The van der Waals surface area contributed by atoms with Gasteiger partial charge in [-0.1, -0.05) is 32.0 Å². The van der Waals surface area contributed by atoms with E-state index in [4.69, 9.17) is 4.74 Å². The Bertz CT molecular complexity index is 246. The first-order chi connectivity index (χ1) is 6.74. The minimum Gasteiger partial charge on any atom is -0.489 e. The Hall–Kier alpha value is -1.02. The largest absolute Gasteiger partial charge is 0.489 e. The number of hydrogen-bond acceptors (Lipinski definition) is 2. The number of benzene rings is 1. The lowest BCUT2D eigenvalue weighted by Crippen LogP contribution is -2.33. The van der Waals surface area contributed by atoms with Crippen molar-refractivity contribution in [1.82, 2.24) is 5.32 Å². The summed E-state index contributed by atoms with van der Waals surface area (Å²) in [5.74, 6) is 1.46. The first-order valence-corrected chi connectivity index (χ1v) is 5.10. The van der Waals surface area contributed by atoms with Crippen LogP contribution >= 0.6 is 0 Å². The highest BCUT2D eigenvalue weighted by Gasteiger charge is 2.13. The predicted octanol–water partition coefficient (Wildman–Crippen LogP) is 2.31. The van der Waals surface area contributed by atoms with Crippen molar-refractivity contribution in [2.24, 2.45) is 5.92 Å². The Labute approximate surface area is 86.3 Å². The molecule has 0 bridgehead atoms. The van der Waals surface area contributed by atoms with E-state index in [-0.39, 0.29) is 6.10 Å². The second kappa shape index (κ2) is 5.66. The molecule has 1 aromatic carbocycles. The van der Waals surface area contributed by atoms with Crippen molar-refractivity contribution in [3.63, 3.8) is 0 Å². The van der Waals surface area contributed by atoms with Crippen LogP contribution in [0.15, 0.2) is 30.3 Å². The van der Waals surface area contributed by atoms with E-state index in [9.17, 15) is 0 Å². The standard InChI is InChI=1S/C12H19NO/c1-10(2)12(9-13-3)14-11-7-5-4-6-8-11/h4-8,10,12-13H,9H2,1-3H3. The summed E-state index contributed by atoms with van der Waals surface area (Å²) in [5.41, 5.74) is 0. The van der Waals surface area contributed by atoms with Crippen molar-refractivity contribution in [2.75, 3.05) is 13.6 Å². The molecule has 2 heteroatoms. The van der Waals surface area contributed by atoms with Crippen LogP contribution in [0.2, 0.25) is 0 Å². The van der Waals surface area contributed by atoms with E-state index in [1.807, 2.05) is 37.4 Å². The number of hydrogen-bond donors (Lipinski definition) is 1. The zero-order chi connectivity index (χ0) is 10.4. The second-order valence-corrected chi connectivity index (χ2v) is 3.77. The summed E-state index contributed by atoms with van der Waals surface area (Å²) in [6.07, 6.45) is 0.238. The van der Waals surface area contributed by atoms with E-state index in [1.165, 1.54) is 0 Å². The average Bonchev–Trinajstić information content (AvgIpc) is 2.18. The minimum atomic E-state index is 0.238. The number of nitrogens with one attached hydrogen (secondary N) is 1. The van der Waals surface area contributed by atoms with Crippen LogP contribution in [-0.2, 0) is 0 Å². The molecule has 0 aliphatic carbocycles. The number of likely N-dealkylation sites (N-methyl/N-ethyl adjacent to an activating group) is 1. The van der Waals surface area contributed by atoms with Crippen molar-refractivity contribution in [3.05, 3.63) is 30.3 Å². The molecule has 0 aliphatic rings. The summed E-state index contributed by atoms with van der Waals surface area (Å²) in [4.78, 5) is 0. The molecule has 78 valence electrons. The fourth-order valence-corrected chi connectivity index (χ4v) is 1.29. The van der Waals surface area contributed by atoms with Gasteiger partial charge in [0, 0.05) is 6.54 Å².